The Kier molecular flexibility index (Phi) is 23.1. The van der Waals surface area contributed by atoms with Gasteiger partial charge in [-0.3, -0.25) is 0 Å². The lowest BCUT2D eigenvalue weighted by Crippen LogP contribution is -2.59. The summed E-state index contributed by atoms with van der Waals surface area (Å²) in [5, 5.41) is 8.94. The van der Waals surface area contributed by atoms with Gasteiger partial charge >= 0.3 is 12.4 Å². The first-order valence-corrected chi connectivity index (χ1v) is 27.9. The number of hydrogen-bond acceptors (Lipinski definition) is 10. The Hall–Kier alpha value is -1.02. The van der Waals surface area contributed by atoms with Crippen molar-refractivity contribution in [2.75, 3.05) is 58.9 Å². The van der Waals surface area contributed by atoms with Gasteiger partial charge in [-0.15, -0.1) is 0 Å². The summed E-state index contributed by atoms with van der Waals surface area (Å²) >= 11 is 0. The number of hydrogen-bond donors (Lipinski definition) is 0. The quantitative estimate of drug-likeness (QED) is 0.0322. The third-order valence-corrected chi connectivity index (χ3v) is 19.5. The minimum atomic E-state index is -5.56. The maximum absolute atomic E-state index is 13.6. The number of likely N-dealkylation sites (N-methyl/N-ethyl adjacent to an activating group) is 1. The third-order valence-electron chi connectivity index (χ3n) is 14.0. The molecule has 0 amide bonds. The summed E-state index contributed by atoms with van der Waals surface area (Å²) in [7, 11) is 4.39. The topological polar surface area (TPSA) is 76.4 Å². The van der Waals surface area contributed by atoms with E-state index in [4.69, 9.17) is 23.8 Å². The highest BCUT2D eigenvalue weighted by molar-refractivity contribution is 8.77. The van der Waals surface area contributed by atoms with Crippen LogP contribution in [0.15, 0.2) is 18.2 Å². The first kappa shape index (κ1) is 57.6. The smallest absolute Gasteiger partial charge is 0.426 e. The third kappa shape index (κ3) is 15.7. The van der Waals surface area contributed by atoms with Gasteiger partial charge in [0.05, 0.1) is 51.6 Å². The number of rotatable bonds is 30. The van der Waals surface area contributed by atoms with E-state index in [0.717, 1.165) is 69.3 Å². The molecule has 17 heteroatoms. The minimum Gasteiger partial charge on any atom is -0.494 e. The highest BCUT2D eigenvalue weighted by atomic mass is 33.1. The van der Waals surface area contributed by atoms with Crippen LogP contribution in [0.25, 0.3) is 0 Å². The second-order valence-corrected chi connectivity index (χ2v) is 24.6. The summed E-state index contributed by atoms with van der Waals surface area (Å²) in [6, 6.07) is 9.49. The van der Waals surface area contributed by atoms with Crippen LogP contribution in [0.2, 0.25) is 0 Å². The molecule has 0 spiro atoms. The van der Waals surface area contributed by atoms with Crippen LogP contribution >= 0.6 is 30.1 Å². The molecular weight excluding hydrogens is 920 g/mol. The van der Waals surface area contributed by atoms with Gasteiger partial charge in [0.15, 0.2) is 0 Å². The Bertz CT molecular complexity index is 1620. The molecule has 0 bridgehead atoms. The molecule has 0 aliphatic heterocycles. The normalized spacial score (nSPS) is 23.1. The minimum absolute atomic E-state index is 0.0333. The van der Waals surface area contributed by atoms with E-state index in [0.29, 0.717) is 69.2 Å². The summed E-state index contributed by atoms with van der Waals surface area (Å²) in [6.07, 6.45) is -0.381. The van der Waals surface area contributed by atoms with Gasteiger partial charge in [0.2, 0.25) is 0 Å². The first-order chi connectivity index (χ1) is 31.1. The van der Waals surface area contributed by atoms with Gasteiger partial charge in [0.25, 0.3) is 14.1 Å². The van der Waals surface area contributed by atoms with Crippen molar-refractivity contribution < 1.29 is 49.6 Å². The number of benzene rings is 1. The number of nitriles is 1. The highest BCUT2D eigenvalue weighted by Crippen LogP contribution is 2.62. The van der Waals surface area contributed by atoms with Crippen LogP contribution in [0.5, 0.6) is 5.75 Å². The van der Waals surface area contributed by atoms with Crippen LogP contribution in [0.3, 0.4) is 0 Å². The van der Waals surface area contributed by atoms with Crippen LogP contribution in [-0.2, 0) is 24.9 Å². The van der Waals surface area contributed by atoms with Gasteiger partial charge in [0, 0.05) is 35.7 Å². The average Bonchev–Trinajstić information content (AvgIpc) is 3.57. The monoisotopic (exact) mass is 1000 g/mol. The molecule has 8 nitrogen and oxygen atoms in total. The van der Waals surface area contributed by atoms with Gasteiger partial charge in [-0.25, -0.2) is 4.67 Å². The van der Waals surface area contributed by atoms with Crippen LogP contribution in [0.4, 0.5) is 26.3 Å². The molecule has 0 N–H and O–H groups in total. The molecule has 4 rings (SSSR count). The van der Waals surface area contributed by atoms with Crippen molar-refractivity contribution in [3.63, 3.8) is 0 Å². The Morgan fingerprint density at radius 1 is 0.864 bits per heavy atom. The molecule has 0 radical (unpaired) electrons. The number of aryl methyl sites for hydroxylation is 1. The second kappa shape index (κ2) is 26.4. The van der Waals surface area contributed by atoms with Gasteiger partial charge in [0.1, 0.15) is 5.75 Å². The van der Waals surface area contributed by atoms with E-state index in [1.165, 1.54) is 30.9 Å². The van der Waals surface area contributed by atoms with E-state index in [2.05, 4.69) is 82.1 Å². The van der Waals surface area contributed by atoms with Crippen molar-refractivity contribution >= 4 is 30.1 Å². The largest absolute Gasteiger partial charge is 0.494 e. The van der Waals surface area contributed by atoms with E-state index in [1.807, 2.05) is 21.6 Å². The molecule has 3 aliphatic carbocycles. The molecule has 1 aromatic rings. The molecule has 0 heterocycles. The molecule has 3 aliphatic rings. The van der Waals surface area contributed by atoms with Gasteiger partial charge in [-0.1, -0.05) is 60.8 Å². The molecule has 2 saturated carbocycles. The van der Waals surface area contributed by atoms with Crippen LogP contribution in [0, 0.1) is 28.6 Å². The number of halogens is 6. The van der Waals surface area contributed by atoms with Crippen LogP contribution < -0.4 is 4.74 Å². The molecule has 2 fully saturated rings. The number of nitrogens with zero attached hydrogens (tertiary/aromatic N) is 3. The lowest BCUT2D eigenvalue weighted by molar-refractivity contribution is -0.383. The van der Waals surface area contributed by atoms with Gasteiger partial charge in [-0.2, -0.15) is 31.6 Å². The molecule has 6 atom stereocenters. The van der Waals surface area contributed by atoms with Crippen LogP contribution in [-0.4, -0.2) is 109 Å². The van der Waals surface area contributed by atoms with Crippen molar-refractivity contribution in [2.45, 2.75) is 192 Å². The Morgan fingerprint density at radius 3 is 2.21 bits per heavy atom. The molecule has 380 valence electrons. The summed E-state index contributed by atoms with van der Waals surface area (Å²) in [5.41, 5.74) is -1.26. The van der Waals surface area contributed by atoms with Gasteiger partial charge < -0.3 is 28.2 Å². The zero-order chi connectivity index (χ0) is 48.8. The molecule has 0 saturated heterocycles. The lowest BCUT2D eigenvalue weighted by Gasteiger charge is -2.50. The van der Waals surface area contributed by atoms with Crippen molar-refractivity contribution in [2.24, 2.45) is 17.3 Å². The zero-order valence-electron chi connectivity index (χ0n) is 41.2. The maximum atomic E-state index is 13.6. The van der Waals surface area contributed by atoms with Crippen molar-refractivity contribution in [3.8, 4) is 11.8 Å². The van der Waals surface area contributed by atoms with E-state index in [1.54, 1.807) is 11.9 Å². The standard InChI is InChI=1S/C49H80F6N3O5PS2/c1-10-23-47(48(50,51)52,49(53,54)55)61-33-28-57(9)27-32-60-44-21-20-43-42-18-16-38-35-39(17-19-40(38)41(42)22-24-46(43,44)8)59-31-25-45(6,7)66-65-34-14-12-11-13-29-62-64(63-30-15-26-56)58(36(2)3)37(4)5/h17,19,35-37,41-44H,10-16,18,20-25,27-34H2,1-9H3/t41?,42?,43?,44-,46-,64?/m0/s1. The first-order valence-electron chi connectivity index (χ1n) is 24.5. The number of fused-ring (bicyclic) bond motifs is 5. The average molecular weight is 1000 g/mol. The predicted molar refractivity (Wildman–Crippen MR) is 258 cm³/mol. The number of unbranched alkanes of at least 4 members (excludes halogenated alkanes) is 3. The number of alkyl halides is 6. The summed E-state index contributed by atoms with van der Waals surface area (Å²) in [6.45, 7) is 18.6. The lowest BCUT2D eigenvalue weighted by atomic mass is 9.55. The molecular formula is C49H80F6N3O5PS2. The fraction of sp³-hybridized carbons (Fsp3) is 0.857. The maximum Gasteiger partial charge on any atom is 0.426 e. The summed E-state index contributed by atoms with van der Waals surface area (Å²) < 4.78 is 114. The van der Waals surface area contributed by atoms with Crippen molar-refractivity contribution in [1.82, 2.24) is 9.57 Å². The second-order valence-electron chi connectivity index (χ2n) is 20.0. The Labute approximate surface area is 402 Å². The molecule has 0 aromatic heterocycles. The molecule has 66 heavy (non-hydrogen) atoms. The zero-order valence-corrected chi connectivity index (χ0v) is 43.7. The van der Waals surface area contributed by atoms with E-state index >= 15 is 0 Å². The van der Waals surface area contributed by atoms with E-state index in [9.17, 15) is 26.3 Å². The predicted octanol–water partition coefficient (Wildman–Crippen LogP) is 14.3. The van der Waals surface area contributed by atoms with Crippen molar-refractivity contribution in [1.29, 1.82) is 5.26 Å². The van der Waals surface area contributed by atoms with E-state index < -0.39 is 39.5 Å². The Balaban J connectivity index is 1.13. The van der Waals surface area contributed by atoms with Gasteiger partial charge in [-0.05, 0) is 159 Å². The number of ether oxygens (including phenoxy) is 3. The fourth-order valence-corrected chi connectivity index (χ4v) is 14.8. The van der Waals surface area contributed by atoms with Crippen LogP contribution in [0.1, 0.15) is 156 Å². The summed E-state index contributed by atoms with van der Waals surface area (Å²) in [5.74, 6) is 3.69. The molecule has 1 aromatic carbocycles. The molecule has 4 unspecified atom stereocenters. The summed E-state index contributed by atoms with van der Waals surface area (Å²) in [4.78, 5) is 1.68. The van der Waals surface area contributed by atoms with E-state index in [-0.39, 0.29) is 29.2 Å². The Morgan fingerprint density at radius 2 is 1.55 bits per heavy atom. The SMILES string of the molecule is CCCC(OCCN(C)CCO[C@H]1CCC2C3CCc4cc(OCCC(C)(C)SSCCCCCCOP(OCCC#N)N(C(C)C)C(C)C)ccc4C3CC[C@@]21C)(C(F)(F)F)C(F)(F)F. The highest BCUT2D eigenvalue weighted by Gasteiger charge is 2.71. The fourth-order valence-electron chi connectivity index (χ4n) is 10.5. The van der Waals surface area contributed by atoms with Crippen molar-refractivity contribution in [3.05, 3.63) is 29.3 Å².